The Morgan fingerprint density at radius 1 is 1.09 bits per heavy atom. The summed E-state index contributed by atoms with van der Waals surface area (Å²) >= 11 is 0. The van der Waals surface area contributed by atoms with Crippen molar-refractivity contribution in [2.24, 2.45) is 5.92 Å². The molecule has 0 unspecified atom stereocenters. The highest BCUT2D eigenvalue weighted by Gasteiger charge is 2.10. The maximum absolute atomic E-state index is 3.45. The molecular formula is C10H21N. The van der Waals surface area contributed by atoms with Gasteiger partial charge < -0.3 is 5.32 Å². The van der Waals surface area contributed by atoms with E-state index in [2.05, 4.69) is 12.2 Å². The van der Waals surface area contributed by atoms with Crippen molar-refractivity contribution in [3.63, 3.8) is 0 Å². The third-order valence-electron chi connectivity index (χ3n) is 2.66. The van der Waals surface area contributed by atoms with Crippen molar-refractivity contribution >= 4 is 0 Å². The maximum Gasteiger partial charge on any atom is -0.00206 e. The van der Waals surface area contributed by atoms with Gasteiger partial charge in [0.1, 0.15) is 0 Å². The first-order valence-electron chi connectivity index (χ1n) is 5.14. The average molecular weight is 155 g/mol. The lowest BCUT2D eigenvalue weighted by molar-refractivity contribution is 0.431. The molecule has 0 radical (unpaired) electrons. The van der Waals surface area contributed by atoms with Gasteiger partial charge in [-0.1, -0.05) is 32.6 Å². The van der Waals surface area contributed by atoms with Crippen LogP contribution in [0.2, 0.25) is 0 Å². The van der Waals surface area contributed by atoms with E-state index in [1.165, 1.54) is 45.1 Å². The van der Waals surface area contributed by atoms with Gasteiger partial charge in [0.25, 0.3) is 0 Å². The van der Waals surface area contributed by atoms with Gasteiger partial charge in [-0.25, -0.2) is 0 Å². The molecular weight excluding hydrogens is 134 g/mol. The van der Waals surface area contributed by atoms with Crippen molar-refractivity contribution in [2.45, 2.75) is 45.4 Å². The van der Waals surface area contributed by atoms with E-state index in [1.807, 2.05) is 0 Å². The van der Waals surface area contributed by atoms with Crippen molar-refractivity contribution in [1.82, 2.24) is 5.32 Å². The summed E-state index contributed by atoms with van der Waals surface area (Å²) < 4.78 is 0. The Kier molecular flexibility index (Phi) is 4.60. The topological polar surface area (TPSA) is 12.0 Å². The zero-order chi connectivity index (χ0) is 7.94. The lowest BCUT2D eigenvalue weighted by atomic mass is 10.0. The lowest BCUT2D eigenvalue weighted by Crippen LogP contribution is -2.21. The fourth-order valence-corrected chi connectivity index (χ4v) is 1.92. The Hall–Kier alpha value is -0.0400. The highest BCUT2D eigenvalue weighted by molar-refractivity contribution is 4.66. The van der Waals surface area contributed by atoms with Gasteiger partial charge in [0.05, 0.1) is 0 Å². The molecule has 1 rings (SSSR count). The minimum absolute atomic E-state index is 0.984. The monoisotopic (exact) mass is 155 g/mol. The van der Waals surface area contributed by atoms with Crippen LogP contribution < -0.4 is 5.32 Å². The fourth-order valence-electron chi connectivity index (χ4n) is 1.92. The Morgan fingerprint density at radius 3 is 2.27 bits per heavy atom. The van der Waals surface area contributed by atoms with Crippen molar-refractivity contribution in [1.29, 1.82) is 0 Å². The van der Waals surface area contributed by atoms with E-state index in [4.69, 9.17) is 0 Å². The van der Waals surface area contributed by atoms with Gasteiger partial charge >= 0.3 is 0 Å². The van der Waals surface area contributed by atoms with E-state index in [0.717, 1.165) is 12.5 Å². The maximum atomic E-state index is 3.45. The first-order chi connectivity index (χ1) is 5.43. The quantitative estimate of drug-likeness (QED) is 0.618. The predicted molar refractivity (Wildman–Crippen MR) is 49.7 cm³/mol. The SMILES string of the molecule is CCNCC1CCCCCC1. The normalized spacial score (nSPS) is 21.5. The first kappa shape index (κ1) is 9.05. The molecule has 0 aromatic heterocycles. The van der Waals surface area contributed by atoms with Crippen LogP contribution in [0.5, 0.6) is 0 Å². The molecule has 1 aliphatic carbocycles. The molecule has 66 valence electrons. The molecule has 1 aliphatic rings. The van der Waals surface area contributed by atoms with E-state index >= 15 is 0 Å². The molecule has 1 heteroatoms. The summed E-state index contributed by atoms with van der Waals surface area (Å²) in [4.78, 5) is 0. The summed E-state index contributed by atoms with van der Waals surface area (Å²) in [5.41, 5.74) is 0. The molecule has 1 saturated carbocycles. The van der Waals surface area contributed by atoms with E-state index in [1.54, 1.807) is 0 Å². The van der Waals surface area contributed by atoms with E-state index in [-0.39, 0.29) is 0 Å². The molecule has 0 bridgehead atoms. The molecule has 0 amide bonds. The summed E-state index contributed by atoms with van der Waals surface area (Å²) in [5, 5.41) is 3.45. The molecule has 0 aromatic rings. The van der Waals surface area contributed by atoms with Gasteiger partial charge in [-0.3, -0.25) is 0 Å². The summed E-state index contributed by atoms with van der Waals surface area (Å²) in [6.07, 6.45) is 8.82. The number of nitrogens with one attached hydrogen (secondary N) is 1. The summed E-state index contributed by atoms with van der Waals surface area (Å²) in [5.74, 6) is 0.984. The first-order valence-corrected chi connectivity index (χ1v) is 5.14. The summed E-state index contributed by atoms with van der Waals surface area (Å²) in [6, 6.07) is 0. The van der Waals surface area contributed by atoms with E-state index in [9.17, 15) is 0 Å². The zero-order valence-corrected chi connectivity index (χ0v) is 7.73. The Balaban J connectivity index is 2.09. The number of rotatable bonds is 3. The molecule has 0 aliphatic heterocycles. The highest BCUT2D eigenvalue weighted by Crippen LogP contribution is 2.21. The minimum Gasteiger partial charge on any atom is -0.317 e. The largest absolute Gasteiger partial charge is 0.317 e. The van der Waals surface area contributed by atoms with Crippen LogP contribution >= 0.6 is 0 Å². The van der Waals surface area contributed by atoms with Crippen molar-refractivity contribution in [3.05, 3.63) is 0 Å². The average Bonchev–Trinajstić information content (AvgIpc) is 2.28. The van der Waals surface area contributed by atoms with Crippen LogP contribution in [0, 0.1) is 5.92 Å². The number of hydrogen-bond donors (Lipinski definition) is 1. The fraction of sp³-hybridized carbons (Fsp3) is 1.00. The van der Waals surface area contributed by atoms with Crippen LogP contribution in [-0.2, 0) is 0 Å². The van der Waals surface area contributed by atoms with Crippen molar-refractivity contribution in [2.75, 3.05) is 13.1 Å². The summed E-state index contributed by atoms with van der Waals surface area (Å²) in [6.45, 7) is 4.59. The van der Waals surface area contributed by atoms with E-state index in [0.29, 0.717) is 0 Å². The molecule has 11 heavy (non-hydrogen) atoms. The second kappa shape index (κ2) is 5.59. The van der Waals surface area contributed by atoms with Crippen LogP contribution in [-0.4, -0.2) is 13.1 Å². The van der Waals surface area contributed by atoms with Crippen LogP contribution in [0.3, 0.4) is 0 Å². The zero-order valence-electron chi connectivity index (χ0n) is 7.73. The third-order valence-corrected chi connectivity index (χ3v) is 2.66. The Morgan fingerprint density at radius 2 is 1.73 bits per heavy atom. The minimum atomic E-state index is 0.984. The predicted octanol–water partition coefficient (Wildman–Crippen LogP) is 2.57. The molecule has 1 nitrogen and oxygen atoms in total. The standard InChI is InChI=1S/C10H21N/c1-2-11-9-10-7-5-3-4-6-8-10/h10-11H,2-9H2,1H3. The summed E-state index contributed by atoms with van der Waals surface area (Å²) in [7, 11) is 0. The highest BCUT2D eigenvalue weighted by atomic mass is 14.8. The Labute approximate surface area is 70.6 Å². The lowest BCUT2D eigenvalue weighted by Gasteiger charge is -2.13. The molecule has 1 N–H and O–H groups in total. The van der Waals surface area contributed by atoms with Gasteiger partial charge in [-0.2, -0.15) is 0 Å². The van der Waals surface area contributed by atoms with Gasteiger partial charge in [-0.05, 0) is 31.8 Å². The van der Waals surface area contributed by atoms with Crippen LogP contribution in [0.25, 0.3) is 0 Å². The van der Waals surface area contributed by atoms with Crippen LogP contribution in [0.1, 0.15) is 45.4 Å². The molecule has 1 fully saturated rings. The van der Waals surface area contributed by atoms with Crippen LogP contribution in [0.4, 0.5) is 0 Å². The van der Waals surface area contributed by atoms with Gasteiger partial charge in [-0.15, -0.1) is 0 Å². The van der Waals surface area contributed by atoms with Gasteiger partial charge in [0.2, 0.25) is 0 Å². The Bertz CT molecular complexity index is 82.9. The van der Waals surface area contributed by atoms with Gasteiger partial charge in [0.15, 0.2) is 0 Å². The molecule has 0 aromatic carbocycles. The second-order valence-electron chi connectivity index (χ2n) is 3.67. The van der Waals surface area contributed by atoms with Gasteiger partial charge in [0, 0.05) is 0 Å². The molecule has 0 atom stereocenters. The number of hydrogen-bond acceptors (Lipinski definition) is 1. The van der Waals surface area contributed by atoms with Crippen molar-refractivity contribution in [3.8, 4) is 0 Å². The second-order valence-corrected chi connectivity index (χ2v) is 3.67. The van der Waals surface area contributed by atoms with Crippen LogP contribution in [0.15, 0.2) is 0 Å². The van der Waals surface area contributed by atoms with E-state index < -0.39 is 0 Å². The molecule has 0 saturated heterocycles. The third kappa shape index (κ3) is 3.76. The molecule has 0 heterocycles. The van der Waals surface area contributed by atoms with Crippen molar-refractivity contribution < 1.29 is 0 Å². The smallest absolute Gasteiger partial charge is 0.00206 e. The molecule has 0 spiro atoms.